The van der Waals surface area contributed by atoms with Gasteiger partial charge in [0, 0.05) is 17.1 Å². The standard InChI is InChI=1S/C31H34BrN3O8/c1-17(34(5)30(40)43-31(2,3)4)27(36)33-23-16-42-26-21(29(38)39)8-7-9-24(26)35(28(23)37)15-22-20-12-11-19(32)14-18(20)10-13-25(22)41-6/h7-14,17,23H,15-16H2,1-6H3,(H,33,36)(H,38,39)/t17-,23?/m0/s1. The zero-order chi connectivity index (χ0) is 31.6. The van der Waals surface area contributed by atoms with Gasteiger partial charge in [0.1, 0.15) is 35.6 Å². The number of anilines is 1. The minimum absolute atomic E-state index is 0.000897. The number of fused-ring (bicyclic) bond motifs is 2. The highest BCUT2D eigenvalue weighted by atomic mass is 79.9. The first-order valence-corrected chi connectivity index (χ1v) is 14.3. The number of para-hydroxylation sites is 1. The number of nitrogens with one attached hydrogen (secondary N) is 1. The summed E-state index contributed by atoms with van der Waals surface area (Å²) in [7, 11) is 2.95. The molecule has 1 aliphatic rings. The summed E-state index contributed by atoms with van der Waals surface area (Å²) in [6.07, 6.45) is -0.701. The Balaban J connectivity index is 1.73. The topological polar surface area (TPSA) is 135 Å². The van der Waals surface area contributed by atoms with Crippen LogP contribution in [-0.4, -0.2) is 72.3 Å². The number of nitrogens with zero attached hydrogens (tertiary/aromatic N) is 2. The van der Waals surface area contributed by atoms with Crippen LogP contribution in [0.4, 0.5) is 10.5 Å². The van der Waals surface area contributed by atoms with Gasteiger partial charge in [-0.2, -0.15) is 0 Å². The maximum absolute atomic E-state index is 14.2. The van der Waals surface area contributed by atoms with Crippen LogP contribution in [0.3, 0.4) is 0 Å². The second kappa shape index (κ2) is 12.5. The van der Waals surface area contributed by atoms with Crippen molar-refractivity contribution in [3.63, 3.8) is 0 Å². The third kappa shape index (κ3) is 6.85. The maximum Gasteiger partial charge on any atom is 0.410 e. The van der Waals surface area contributed by atoms with Crippen molar-refractivity contribution < 1.29 is 38.5 Å². The van der Waals surface area contributed by atoms with Gasteiger partial charge in [-0.3, -0.25) is 14.5 Å². The number of rotatable bonds is 7. The number of methoxy groups -OCH3 is 1. The molecule has 12 heteroatoms. The molecule has 11 nitrogen and oxygen atoms in total. The number of hydrogen-bond donors (Lipinski definition) is 2. The maximum atomic E-state index is 14.2. The Morgan fingerprint density at radius 3 is 2.56 bits per heavy atom. The third-order valence-corrected chi connectivity index (χ3v) is 7.51. The molecule has 228 valence electrons. The van der Waals surface area contributed by atoms with Crippen LogP contribution in [0, 0.1) is 0 Å². The lowest BCUT2D eigenvalue weighted by Crippen LogP contribution is -2.55. The lowest BCUT2D eigenvalue weighted by Gasteiger charge is -2.30. The zero-order valence-corrected chi connectivity index (χ0v) is 26.4. The molecule has 0 radical (unpaired) electrons. The summed E-state index contributed by atoms with van der Waals surface area (Å²) >= 11 is 3.49. The molecule has 0 aliphatic carbocycles. The summed E-state index contributed by atoms with van der Waals surface area (Å²) < 4.78 is 17.8. The molecule has 0 bridgehead atoms. The van der Waals surface area contributed by atoms with Crippen molar-refractivity contribution in [3.8, 4) is 11.5 Å². The molecule has 0 fully saturated rings. The molecule has 2 atom stereocenters. The van der Waals surface area contributed by atoms with E-state index < -0.39 is 41.6 Å². The minimum Gasteiger partial charge on any atom is -0.496 e. The van der Waals surface area contributed by atoms with Gasteiger partial charge in [-0.15, -0.1) is 0 Å². The highest BCUT2D eigenvalue weighted by Gasteiger charge is 2.37. The number of aromatic carboxylic acids is 1. The van der Waals surface area contributed by atoms with Crippen molar-refractivity contribution in [2.75, 3.05) is 25.7 Å². The van der Waals surface area contributed by atoms with Crippen molar-refractivity contribution in [2.45, 2.75) is 51.9 Å². The van der Waals surface area contributed by atoms with E-state index >= 15 is 0 Å². The molecule has 1 unspecified atom stereocenters. The molecule has 43 heavy (non-hydrogen) atoms. The van der Waals surface area contributed by atoms with Crippen molar-refractivity contribution in [3.05, 3.63) is 64.1 Å². The van der Waals surface area contributed by atoms with Crippen molar-refractivity contribution in [1.29, 1.82) is 0 Å². The van der Waals surface area contributed by atoms with Crippen LogP contribution in [0.1, 0.15) is 43.6 Å². The highest BCUT2D eigenvalue weighted by Crippen LogP contribution is 2.38. The van der Waals surface area contributed by atoms with Gasteiger partial charge < -0.3 is 29.5 Å². The smallest absolute Gasteiger partial charge is 0.410 e. The molecule has 0 aromatic heterocycles. The predicted octanol–water partition coefficient (Wildman–Crippen LogP) is 4.97. The van der Waals surface area contributed by atoms with E-state index in [1.165, 1.54) is 38.1 Å². The molecule has 3 aromatic rings. The number of carboxylic acids is 1. The van der Waals surface area contributed by atoms with Gasteiger partial charge in [0.05, 0.1) is 19.3 Å². The average Bonchev–Trinajstić information content (AvgIpc) is 3.07. The Kier molecular flexibility index (Phi) is 9.19. The van der Waals surface area contributed by atoms with Gasteiger partial charge in [-0.05, 0) is 68.8 Å². The number of ether oxygens (including phenoxy) is 3. The third-order valence-electron chi connectivity index (χ3n) is 7.02. The van der Waals surface area contributed by atoms with Gasteiger partial charge in [0.25, 0.3) is 5.91 Å². The number of carbonyl (C=O) groups excluding carboxylic acids is 3. The Morgan fingerprint density at radius 2 is 1.91 bits per heavy atom. The van der Waals surface area contributed by atoms with Gasteiger partial charge >= 0.3 is 12.1 Å². The predicted molar refractivity (Wildman–Crippen MR) is 164 cm³/mol. The Morgan fingerprint density at radius 1 is 1.19 bits per heavy atom. The minimum atomic E-state index is -1.23. The lowest BCUT2D eigenvalue weighted by molar-refractivity contribution is -0.130. The summed E-state index contributed by atoms with van der Waals surface area (Å²) in [5.41, 5.74) is 0.0165. The van der Waals surface area contributed by atoms with Crippen LogP contribution < -0.4 is 19.7 Å². The van der Waals surface area contributed by atoms with Gasteiger partial charge in [0.2, 0.25) is 5.91 Å². The SMILES string of the molecule is COc1ccc2cc(Br)ccc2c1CN1C(=O)C(NC(=O)[C@H](C)N(C)C(=O)OC(C)(C)C)COc2c(C(=O)O)cccc21. The van der Waals surface area contributed by atoms with Crippen molar-refractivity contribution in [2.24, 2.45) is 0 Å². The molecule has 1 heterocycles. The second-order valence-corrected chi connectivity index (χ2v) is 12.1. The van der Waals surface area contributed by atoms with Crippen LogP contribution in [0.5, 0.6) is 11.5 Å². The Hall–Kier alpha value is -4.32. The van der Waals surface area contributed by atoms with Gasteiger partial charge in [0.15, 0.2) is 5.75 Å². The van der Waals surface area contributed by atoms with Crippen LogP contribution in [0.15, 0.2) is 53.0 Å². The number of carbonyl (C=O) groups is 4. The molecule has 0 saturated heterocycles. The lowest BCUT2D eigenvalue weighted by atomic mass is 10.0. The number of hydrogen-bond acceptors (Lipinski definition) is 7. The molecule has 2 N–H and O–H groups in total. The average molecular weight is 657 g/mol. The monoisotopic (exact) mass is 655 g/mol. The molecule has 0 spiro atoms. The Labute approximate surface area is 257 Å². The zero-order valence-electron chi connectivity index (χ0n) is 24.8. The van der Waals surface area contributed by atoms with Crippen molar-refractivity contribution in [1.82, 2.24) is 10.2 Å². The van der Waals surface area contributed by atoms with Crippen LogP contribution >= 0.6 is 15.9 Å². The first-order valence-electron chi connectivity index (χ1n) is 13.5. The molecule has 4 rings (SSSR count). The van der Waals surface area contributed by atoms with E-state index in [1.54, 1.807) is 32.9 Å². The van der Waals surface area contributed by atoms with Gasteiger partial charge in [-0.1, -0.05) is 34.1 Å². The Bertz CT molecular complexity index is 1590. The van der Waals surface area contributed by atoms with Gasteiger partial charge in [-0.25, -0.2) is 9.59 Å². The highest BCUT2D eigenvalue weighted by molar-refractivity contribution is 9.10. The largest absolute Gasteiger partial charge is 0.496 e. The number of benzene rings is 3. The van der Waals surface area contributed by atoms with E-state index in [0.29, 0.717) is 11.3 Å². The van der Waals surface area contributed by atoms with Crippen LogP contribution in [0.2, 0.25) is 0 Å². The van der Waals surface area contributed by atoms with E-state index in [1.807, 2.05) is 24.3 Å². The van der Waals surface area contributed by atoms with Crippen molar-refractivity contribution >= 4 is 56.3 Å². The fraction of sp³-hybridized carbons (Fsp3) is 0.355. The van der Waals surface area contributed by atoms with Crippen LogP contribution in [0.25, 0.3) is 10.8 Å². The van der Waals surface area contributed by atoms with E-state index in [4.69, 9.17) is 14.2 Å². The number of carboxylic acid groups (broad SMARTS) is 1. The first kappa shape index (κ1) is 31.6. The number of likely N-dealkylation sites (N-methyl/N-ethyl adjacent to an activating group) is 1. The fourth-order valence-corrected chi connectivity index (χ4v) is 5.07. The fourth-order valence-electron chi connectivity index (χ4n) is 4.69. The van der Waals surface area contributed by atoms with Crippen LogP contribution in [-0.2, 0) is 20.9 Å². The summed E-state index contributed by atoms with van der Waals surface area (Å²) in [4.78, 5) is 54.6. The second-order valence-electron chi connectivity index (χ2n) is 11.1. The number of amides is 3. The summed E-state index contributed by atoms with van der Waals surface area (Å²) in [6.45, 7) is 6.31. The molecule has 3 amide bonds. The normalized spacial score (nSPS) is 15.6. The quantitative estimate of drug-likeness (QED) is 0.364. The van der Waals surface area contributed by atoms with E-state index in [-0.39, 0.29) is 30.2 Å². The first-order chi connectivity index (χ1) is 20.2. The summed E-state index contributed by atoms with van der Waals surface area (Å²) in [5.74, 6) is -1.85. The molecular weight excluding hydrogens is 622 g/mol. The van der Waals surface area contributed by atoms with E-state index in [2.05, 4.69) is 21.2 Å². The number of halogens is 1. The summed E-state index contributed by atoms with van der Waals surface area (Å²) in [6, 6.07) is 11.7. The summed E-state index contributed by atoms with van der Waals surface area (Å²) in [5, 5.41) is 14.3. The molecule has 1 aliphatic heterocycles. The van der Waals surface area contributed by atoms with E-state index in [0.717, 1.165) is 20.1 Å². The molecule has 3 aromatic carbocycles. The molecular formula is C31H34BrN3O8. The van der Waals surface area contributed by atoms with E-state index in [9.17, 15) is 24.3 Å². The molecule has 0 saturated carbocycles.